The maximum absolute atomic E-state index is 11.2. The van der Waals surface area contributed by atoms with Gasteiger partial charge in [-0.3, -0.25) is 0 Å². The highest BCUT2D eigenvalue weighted by molar-refractivity contribution is 5.87. The van der Waals surface area contributed by atoms with Crippen LogP contribution < -0.4 is 4.74 Å². The summed E-state index contributed by atoms with van der Waals surface area (Å²) in [6.07, 6.45) is 3.85. The molecule has 2 aromatic rings. The molecule has 0 radical (unpaired) electrons. The van der Waals surface area contributed by atoms with Crippen LogP contribution >= 0.6 is 0 Å². The van der Waals surface area contributed by atoms with Crippen LogP contribution in [0, 0.1) is 11.3 Å². The van der Waals surface area contributed by atoms with Gasteiger partial charge in [0, 0.05) is 5.57 Å². The highest BCUT2D eigenvalue weighted by atomic mass is 16.5. The van der Waals surface area contributed by atoms with Crippen LogP contribution in [0.15, 0.2) is 48.6 Å². The summed E-state index contributed by atoms with van der Waals surface area (Å²) in [5, 5.41) is 11.0. The molecule has 130 valence electrons. The van der Waals surface area contributed by atoms with Crippen molar-refractivity contribution in [1.29, 1.82) is 5.26 Å². The lowest BCUT2D eigenvalue weighted by Crippen LogP contribution is -2.06. The Bertz CT molecular complexity index is 789. The van der Waals surface area contributed by atoms with Crippen molar-refractivity contribution in [2.75, 3.05) is 13.2 Å². The zero-order chi connectivity index (χ0) is 18.1. The van der Waals surface area contributed by atoms with Gasteiger partial charge in [-0.25, -0.2) is 4.79 Å². The van der Waals surface area contributed by atoms with E-state index in [0.717, 1.165) is 42.2 Å². The second kappa shape index (κ2) is 9.48. The van der Waals surface area contributed by atoms with Gasteiger partial charge < -0.3 is 9.47 Å². The zero-order valence-corrected chi connectivity index (χ0v) is 14.6. The number of esters is 1. The van der Waals surface area contributed by atoms with Gasteiger partial charge in [-0.2, -0.15) is 5.26 Å². The molecule has 0 spiro atoms. The molecule has 0 amide bonds. The lowest BCUT2D eigenvalue weighted by molar-refractivity contribution is -0.139. The van der Waals surface area contributed by atoms with Crippen LogP contribution in [0.5, 0.6) is 5.75 Å². The van der Waals surface area contributed by atoms with Gasteiger partial charge in [0.1, 0.15) is 5.75 Å². The maximum Gasteiger partial charge on any atom is 0.333 e. The van der Waals surface area contributed by atoms with Gasteiger partial charge in [0.15, 0.2) is 0 Å². The van der Waals surface area contributed by atoms with Gasteiger partial charge in [-0.05, 0) is 67.6 Å². The number of unbranched alkanes of at least 4 members (excludes halogenated alkanes) is 3. The molecule has 0 aliphatic carbocycles. The molecule has 0 unspecified atom stereocenters. The van der Waals surface area contributed by atoms with E-state index in [2.05, 4.69) is 12.6 Å². The van der Waals surface area contributed by atoms with Crippen molar-refractivity contribution in [1.82, 2.24) is 0 Å². The fraction of sp³-hybridized carbons (Fsp3) is 0.333. The number of nitrogens with zero attached hydrogens (tertiary/aromatic N) is 1. The molecule has 0 aliphatic rings. The molecule has 0 aromatic heterocycles. The predicted molar refractivity (Wildman–Crippen MR) is 98.4 cm³/mol. The molecular weight excluding hydrogens is 314 g/mol. The van der Waals surface area contributed by atoms with Crippen LogP contribution in [-0.2, 0) is 9.53 Å². The molecule has 4 nitrogen and oxygen atoms in total. The number of hydrogen-bond donors (Lipinski definition) is 0. The standard InChI is InChI=1S/C21H23NO3/c1-16(2)21(23)25-12-6-4-3-5-11-24-20-10-9-18-13-17(15-22)7-8-19(18)14-20/h7-10,13-14H,1,3-6,11-12H2,2H3. The summed E-state index contributed by atoms with van der Waals surface area (Å²) in [6.45, 7) is 6.30. The van der Waals surface area contributed by atoms with E-state index in [4.69, 9.17) is 14.7 Å². The molecule has 4 heteroatoms. The molecule has 0 fully saturated rings. The third kappa shape index (κ3) is 5.96. The second-order valence-electron chi connectivity index (χ2n) is 6.01. The van der Waals surface area contributed by atoms with Crippen LogP contribution in [0.4, 0.5) is 0 Å². The average Bonchev–Trinajstić information content (AvgIpc) is 2.62. The number of carbonyl (C=O) groups is 1. The highest BCUT2D eigenvalue weighted by Gasteiger charge is 2.02. The molecule has 2 aromatic carbocycles. The van der Waals surface area contributed by atoms with Gasteiger partial charge in [-0.1, -0.05) is 18.7 Å². The summed E-state index contributed by atoms with van der Waals surface area (Å²) in [5.74, 6) is 0.522. The third-order valence-electron chi connectivity index (χ3n) is 3.83. The molecule has 0 aliphatic heterocycles. The van der Waals surface area contributed by atoms with Crippen LogP contribution in [-0.4, -0.2) is 19.2 Å². The fourth-order valence-corrected chi connectivity index (χ4v) is 2.42. The van der Waals surface area contributed by atoms with E-state index in [-0.39, 0.29) is 5.97 Å². The van der Waals surface area contributed by atoms with Crippen LogP contribution in [0.1, 0.15) is 38.2 Å². The van der Waals surface area contributed by atoms with Crippen molar-refractivity contribution < 1.29 is 14.3 Å². The van der Waals surface area contributed by atoms with E-state index in [9.17, 15) is 4.79 Å². The number of nitriles is 1. The van der Waals surface area contributed by atoms with E-state index in [0.29, 0.717) is 24.4 Å². The summed E-state index contributed by atoms with van der Waals surface area (Å²) >= 11 is 0. The number of fused-ring (bicyclic) bond motifs is 1. The van der Waals surface area contributed by atoms with E-state index >= 15 is 0 Å². The Morgan fingerprint density at radius 2 is 1.72 bits per heavy atom. The van der Waals surface area contributed by atoms with Crippen molar-refractivity contribution >= 4 is 16.7 Å². The molecule has 0 atom stereocenters. The second-order valence-corrected chi connectivity index (χ2v) is 6.01. The maximum atomic E-state index is 11.2. The molecule has 0 saturated heterocycles. The van der Waals surface area contributed by atoms with Crippen molar-refractivity contribution in [2.24, 2.45) is 0 Å². The normalized spacial score (nSPS) is 10.2. The molecule has 25 heavy (non-hydrogen) atoms. The highest BCUT2D eigenvalue weighted by Crippen LogP contribution is 2.22. The van der Waals surface area contributed by atoms with Gasteiger partial charge in [0.25, 0.3) is 0 Å². The Morgan fingerprint density at radius 1 is 1.04 bits per heavy atom. The Morgan fingerprint density at radius 3 is 2.44 bits per heavy atom. The van der Waals surface area contributed by atoms with Crippen LogP contribution in [0.2, 0.25) is 0 Å². The van der Waals surface area contributed by atoms with E-state index in [1.54, 1.807) is 6.92 Å². The average molecular weight is 337 g/mol. The molecular formula is C21H23NO3. The Labute approximate surface area is 148 Å². The first kappa shape index (κ1) is 18.5. The van der Waals surface area contributed by atoms with Crippen LogP contribution in [0.3, 0.4) is 0 Å². The quantitative estimate of drug-likeness (QED) is 0.376. The molecule has 0 heterocycles. The van der Waals surface area contributed by atoms with Gasteiger partial charge in [0.2, 0.25) is 0 Å². The topological polar surface area (TPSA) is 59.3 Å². The Balaban J connectivity index is 1.65. The SMILES string of the molecule is C=C(C)C(=O)OCCCCCCOc1ccc2cc(C#N)ccc2c1. The number of benzene rings is 2. The lowest BCUT2D eigenvalue weighted by atomic mass is 10.1. The molecule has 0 N–H and O–H groups in total. The first-order chi connectivity index (χ1) is 12.1. The number of rotatable bonds is 9. The zero-order valence-electron chi connectivity index (χ0n) is 14.6. The summed E-state index contributed by atoms with van der Waals surface area (Å²) in [6, 6.07) is 13.7. The summed E-state index contributed by atoms with van der Waals surface area (Å²) in [4.78, 5) is 11.2. The number of carbonyl (C=O) groups excluding carboxylic acids is 1. The van der Waals surface area contributed by atoms with Gasteiger partial charge in [-0.15, -0.1) is 0 Å². The van der Waals surface area contributed by atoms with Crippen LogP contribution in [0.25, 0.3) is 10.8 Å². The van der Waals surface area contributed by atoms with Crippen molar-refractivity contribution in [3.05, 3.63) is 54.1 Å². The minimum Gasteiger partial charge on any atom is -0.494 e. The third-order valence-corrected chi connectivity index (χ3v) is 3.83. The van der Waals surface area contributed by atoms with Crippen molar-refractivity contribution in [2.45, 2.75) is 32.6 Å². The van der Waals surface area contributed by atoms with E-state index in [1.165, 1.54) is 0 Å². The largest absolute Gasteiger partial charge is 0.494 e. The number of hydrogen-bond acceptors (Lipinski definition) is 4. The molecule has 0 saturated carbocycles. The number of ether oxygens (including phenoxy) is 2. The predicted octanol–water partition coefficient (Wildman–Crippen LogP) is 4.77. The van der Waals surface area contributed by atoms with Gasteiger partial charge in [0.05, 0.1) is 24.8 Å². The summed E-state index contributed by atoms with van der Waals surface area (Å²) < 4.78 is 10.8. The minimum absolute atomic E-state index is 0.318. The molecule has 0 bridgehead atoms. The summed E-state index contributed by atoms with van der Waals surface area (Å²) in [7, 11) is 0. The smallest absolute Gasteiger partial charge is 0.333 e. The summed E-state index contributed by atoms with van der Waals surface area (Å²) in [5.41, 5.74) is 1.10. The van der Waals surface area contributed by atoms with E-state index < -0.39 is 0 Å². The molecule has 2 rings (SSSR count). The lowest BCUT2D eigenvalue weighted by Gasteiger charge is -2.08. The Hall–Kier alpha value is -2.80. The van der Waals surface area contributed by atoms with E-state index in [1.807, 2.05) is 36.4 Å². The monoisotopic (exact) mass is 337 g/mol. The minimum atomic E-state index is -0.318. The van der Waals surface area contributed by atoms with Crippen molar-refractivity contribution in [3.63, 3.8) is 0 Å². The van der Waals surface area contributed by atoms with Crippen molar-refractivity contribution in [3.8, 4) is 11.8 Å². The first-order valence-corrected chi connectivity index (χ1v) is 8.49. The Kier molecular flexibility index (Phi) is 7.03. The van der Waals surface area contributed by atoms with Gasteiger partial charge >= 0.3 is 5.97 Å². The fourth-order valence-electron chi connectivity index (χ4n) is 2.42. The first-order valence-electron chi connectivity index (χ1n) is 8.49.